The third-order valence-electron chi connectivity index (χ3n) is 3.88. The van der Waals surface area contributed by atoms with Gasteiger partial charge in [-0.1, -0.05) is 23.5 Å². The molecule has 24 heavy (non-hydrogen) atoms. The van der Waals surface area contributed by atoms with Crippen molar-refractivity contribution in [3.63, 3.8) is 0 Å². The number of benzene rings is 1. The number of thiophene rings is 1. The van der Waals surface area contributed by atoms with Gasteiger partial charge in [0, 0.05) is 35.2 Å². The van der Waals surface area contributed by atoms with Crippen LogP contribution in [0.15, 0.2) is 52.6 Å². The molecule has 1 aromatic heterocycles. The summed E-state index contributed by atoms with van der Waals surface area (Å²) < 4.78 is 0. The Morgan fingerprint density at radius 1 is 1.42 bits per heavy atom. The number of anilines is 1. The van der Waals surface area contributed by atoms with Gasteiger partial charge in [-0.05, 0) is 12.1 Å². The van der Waals surface area contributed by atoms with E-state index in [2.05, 4.69) is 10.3 Å². The Balaban J connectivity index is 1.68. The van der Waals surface area contributed by atoms with Gasteiger partial charge in [0.2, 0.25) is 0 Å². The fraction of sp³-hybridized carbons (Fsp3) is 0.125. The zero-order valence-electron chi connectivity index (χ0n) is 12.4. The van der Waals surface area contributed by atoms with Crippen LogP contribution in [0.1, 0.15) is 15.9 Å². The molecule has 0 saturated carbocycles. The SMILES string of the molecule is O=C(/C=C1\Nc2ccccc2C2=NCCN21)c1csc([N+](=O)[O-])c1. The van der Waals surface area contributed by atoms with Crippen molar-refractivity contribution in [2.24, 2.45) is 4.99 Å². The van der Waals surface area contributed by atoms with Crippen molar-refractivity contribution < 1.29 is 9.72 Å². The maximum Gasteiger partial charge on any atom is 0.324 e. The van der Waals surface area contributed by atoms with Gasteiger partial charge >= 0.3 is 5.00 Å². The van der Waals surface area contributed by atoms with Crippen molar-refractivity contribution in [3.8, 4) is 0 Å². The van der Waals surface area contributed by atoms with E-state index >= 15 is 0 Å². The maximum atomic E-state index is 12.5. The molecule has 0 saturated heterocycles. The molecule has 1 aromatic carbocycles. The van der Waals surface area contributed by atoms with Crippen molar-refractivity contribution >= 4 is 33.6 Å². The molecule has 0 fully saturated rings. The molecule has 0 bridgehead atoms. The van der Waals surface area contributed by atoms with Crippen LogP contribution in [0.25, 0.3) is 0 Å². The number of carbonyl (C=O) groups is 1. The number of nitrogens with one attached hydrogen (secondary N) is 1. The smallest absolute Gasteiger partial charge is 0.324 e. The second-order valence-corrected chi connectivity index (χ2v) is 6.24. The molecule has 0 aliphatic carbocycles. The van der Waals surface area contributed by atoms with Gasteiger partial charge in [0.05, 0.1) is 17.2 Å². The predicted octanol–water partition coefficient (Wildman–Crippen LogP) is 2.87. The van der Waals surface area contributed by atoms with Gasteiger partial charge in [0.1, 0.15) is 11.7 Å². The van der Waals surface area contributed by atoms with Crippen LogP contribution in [0.5, 0.6) is 0 Å². The molecule has 2 aliphatic heterocycles. The summed E-state index contributed by atoms with van der Waals surface area (Å²) in [7, 11) is 0. The van der Waals surface area contributed by atoms with Crippen LogP contribution < -0.4 is 5.32 Å². The lowest BCUT2D eigenvalue weighted by Crippen LogP contribution is -2.36. The number of fused-ring (bicyclic) bond motifs is 3. The lowest BCUT2D eigenvalue weighted by atomic mass is 10.1. The fourth-order valence-electron chi connectivity index (χ4n) is 2.78. The van der Waals surface area contributed by atoms with Gasteiger partial charge in [-0.3, -0.25) is 19.9 Å². The van der Waals surface area contributed by atoms with Gasteiger partial charge in [-0.2, -0.15) is 0 Å². The van der Waals surface area contributed by atoms with Gasteiger partial charge in [0.25, 0.3) is 0 Å². The number of amidine groups is 1. The number of para-hydroxylation sites is 1. The van der Waals surface area contributed by atoms with Crippen LogP contribution in [0, 0.1) is 10.1 Å². The molecule has 8 heteroatoms. The van der Waals surface area contributed by atoms with Crippen LogP contribution >= 0.6 is 11.3 Å². The van der Waals surface area contributed by atoms with Crippen LogP contribution in [-0.2, 0) is 0 Å². The minimum absolute atomic E-state index is 0.0397. The number of nitrogens with zero attached hydrogens (tertiary/aromatic N) is 3. The molecule has 0 spiro atoms. The molecular weight excluding hydrogens is 328 g/mol. The summed E-state index contributed by atoms with van der Waals surface area (Å²) in [5.41, 5.74) is 2.22. The lowest BCUT2D eigenvalue weighted by Gasteiger charge is -2.31. The number of ketones is 1. The zero-order valence-corrected chi connectivity index (χ0v) is 13.2. The van der Waals surface area contributed by atoms with E-state index in [0.29, 0.717) is 24.5 Å². The molecule has 0 unspecified atom stereocenters. The highest BCUT2D eigenvalue weighted by Gasteiger charge is 2.29. The van der Waals surface area contributed by atoms with Gasteiger partial charge in [-0.25, -0.2) is 0 Å². The first-order valence-corrected chi connectivity index (χ1v) is 8.19. The van der Waals surface area contributed by atoms with E-state index in [1.54, 1.807) is 0 Å². The highest BCUT2D eigenvalue weighted by atomic mass is 32.1. The van der Waals surface area contributed by atoms with Crippen LogP contribution in [0.2, 0.25) is 0 Å². The summed E-state index contributed by atoms with van der Waals surface area (Å²) >= 11 is 0.949. The third-order valence-corrected chi connectivity index (χ3v) is 4.76. The first-order valence-electron chi connectivity index (χ1n) is 7.31. The average molecular weight is 340 g/mol. The minimum Gasteiger partial charge on any atom is -0.341 e. The number of nitro groups is 1. The number of allylic oxidation sites excluding steroid dienone is 1. The van der Waals surface area contributed by atoms with Crippen LogP contribution in [-0.4, -0.2) is 34.5 Å². The molecular formula is C16H12N4O3S. The third kappa shape index (κ3) is 2.37. The van der Waals surface area contributed by atoms with Crippen molar-refractivity contribution in [2.45, 2.75) is 0 Å². The van der Waals surface area contributed by atoms with E-state index in [4.69, 9.17) is 0 Å². The van der Waals surface area contributed by atoms with E-state index < -0.39 is 4.92 Å². The second-order valence-electron chi connectivity index (χ2n) is 5.35. The second kappa shape index (κ2) is 5.57. The molecule has 7 nitrogen and oxygen atoms in total. The summed E-state index contributed by atoms with van der Waals surface area (Å²) in [5, 5.41) is 15.5. The lowest BCUT2D eigenvalue weighted by molar-refractivity contribution is -0.380. The summed E-state index contributed by atoms with van der Waals surface area (Å²) in [6.07, 6.45) is 1.47. The first kappa shape index (κ1) is 14.6. The number of aliphatic imine (C=N–C) groups is 1. The van der Waals surface area contributed by atoms with Crippen molar-refractivity contribution in [1.29, 1.82) is 0 Å². The van der Waals surface area contributed by atoms with Gasteiger partial charge in [0.15, 0.2) is 5.78 Å². The summed E-state index contributed by atoms with van der Waals surface area (Å²) in [6, 6.07) is 9.09. The highest BCUT2D eigenvalue weighted by molar-refractivity contribution is 7.13. The molecule has 3 heterocycles. The molecule has 4 rings (SSSR count). The molecule has 0 atom stereocenters. The van der Waals surface area contributed by atoms with Crippen molar-refractivity contribution in [2.75, 3.05) is 18.4 Å². The molecule has 0 amide bonds. The standard InChI is InChI=1S/C16H12N4O3S/c21-13(10-7-15(20(22)23)24-9-10)8-14-18-12-4-2-1-3-11(12)16-17-5-6-19(14)16/h1-4,7-9,18H,5-6H2/b14-8+. The Bertz CT molecular complexity index is 916. The van der Waals surface area contributed by atoms with Gasteiger partial charge in [-0.15, -0.1) is 0 Å². The quantitative estimate of drug-likeness (QED) is 0.402. The fourth-order valence-corrected chi connectivity index (χ4v) is 3.49. The maximum absolute atomic E-state index is 12.5. The number of hydrogen-bond donors (Lipinski definition) is 1. The molecule has 0 radical (unpaired) electrons. The Hall–Kier alpha value is -3.00. The first-order chi connectivity index (χ1) is 11.6. The topological polar surface area (TPSA) is 87.8 Å². The number of hydrogen-bond acceptors (Lipinski definition) is 7. The monoisotopic (exact) mass is 340 g/mol. The predicted molar refractivity (Wildman–Crippen MR) is 91.6 cm³/mol. The minimum atomic E-state index is -0.491. The number of rotatable bonds is 3. The molecule has 120 valence electrons. The zero-order chi connectivity index (χ0) is 16.7. The van der Waals surface area contributed by atoms with E-state index in [1.807, 2.05) is 29.2 Å². The van der Waals surface area contributed by atoms with E-state index in [1.165, 1.54) is 17.5 Å². The Labute approximate surface area is 141 Å². The van der Waals surface area contributed by atoms with E-state index in [0.717, 1.165) is 28.4 Å². The van der Waals surface area contributed by atoms with Crippen molar-refractivity contribution in [3.05, 3.63) is 68.9 Å². The van der Waals surface area contributed by atoms with Crippen LogP contribution in [0.4, 0.5) is 10.7 Å². The molecule has 2 aromatic rings. The largest absolute Gasteiger partial charge is 0.341 e. The highest BCUT2D eigenvalue weighted by Crippen LogP contribution is 2.30. The summed E-state index contributed by atoms with van der Waals surface area (Å²) in [6.45, 7) is 1.36. The Kier molecular flexibility index (Phi) is 3.39. The van der Waals surface area contributed by atoms with E-state index in [-0.39, 0.29) is 10.8 Å². The number of carbonyl (C=O) groups excluding carboxylic acids is 1. The van der Waals surface area contributed by atoms with Crippen LogP contribution in [0.3, 0.4) is 0 Å². The van der Waals surface area contributed by atoms with Gasteiger partial charge < -0.3 is 10.2 Å². The van der Waals surface area contributed by atoms with Crippen molar-refractivity contribution in [1.82, 2.24) is 4.90 Å². The average Bonchev–Trinajstić information content (AvgIpc) is 3.25. The van der Waals surface area contributed by atoms with E-state index in [9.17, 15) is 14.9 Å². The molecule has 1 N–H and O–H groups in total. The Morgan fingerprint density at radius 2 is 2.25 bits per heavy atom. The summed E-state index contributed by atoms with van der Waals surface area (Å²) in [4.78, 5) is 29.2. The Morgan fingerprint density at radius 3 is 3.04 bits per heavy atom. The summed E-state index contributed by atoms with van der Waals surface area (Å²) in [5.74, 6) is 1.22. The normalized spacial score (nSPS) is 17.1. The molecule has 2 aliphatic rings.